The van der Waals surface area contributed by atoms with Gasteiger partial charge in [0.2, 0.25) is 0 Å². The smallest absolute Gasteiger partial charge is 0.257 e. The Hall–Kier alpha value is -2.95. The minimum absolute atomic E-state index is 0.238. The number of pyridine rings is 2. The zero-order valence-corrected chi connectivity index (χ0v) is 11.5. The number of aryl methyl sites for hydroxylation is 1. The van der Waals surface area contributed by atoms with Crippen molar-refractivity contribution in [3.63, 3.8) is 0 Å². The molecule has 0 aliphatic rings. The molecule has 0 unspecified atom stereocenters. The lowest BCUT2D eigenvalue weighted by molar-refractivity contribution is 0.102. The summed E-state index contributed by atoms with van der Waals surface area (Å²) in [5.41, 5.74) is 8.32. The normalized spacial score (nSPS) is 10.5. The third-order valence-electron chi connectivity index (χ3n) is 3.16. The Bertz CT molecular complexity index is 812. The van der Waals surface area contributed by atoms with E-state index in [1.165, 1.54) is 6.20 Å². The second kappa shape index (κ2) is 5.20. The van der Waals surface area contributed by atoms with Gasteiger partial charge in [0.15, 0.2) is 0 Å². The average Bonchev–Trinajstić information content (AvgIpc) is 2.48. The number of hydrogen-bond acceptors (Lipinski definition) is 4. The molecule has 0 fully saturated rings. The monoisotopic (exact) mass is 278 g/mol. The van der Waals surface area contributed by atoms with E-state index in [2.05, 4.69) is 15.3 Å². The number of nitrogens with one attached hydrogen (secondary N) is 1. The van der Waals surface area contributed by atoms with Crippen LogP contribution in [-0.2, 0) is 0 Å². The lowest BCUT2D eigenvalue weighted by Gasteiger charge is -2.08. The molecule has 2 aromatic heterocycles. The van der Waals surface area contributed by atoms with E-state index in [4.69, 9.17) is 5.73 Å². The van der Waals surface area contributed by atoms with Crippen LogP contribution in [-0.4, -0.2) is 15.9 Å². The Kier molecular flexibility index (Phi) is 3.23. The highest BCUT2D eigenvalue weighted by molar-refractivity contribution is 6.08. The molecule has 0 spiro atoms. The Morgan fingerprint density at radius 3 is 2.76 bits per heavy atom. The molecule has 0 saturated carbocycles. The summed E-state index contributed by atoms with van der Waals surface area (Å²) in [6.45, 7) is 1.92. The second-order valence-electron chi connectivity index (χ2n) is 4.76. The number of amides is 1. The van der Waals surface area contributed by atoms with Gasteiger partial charge in [-0.05, 0) is 31.2 Å². The van der Waals surface area contributed by atoms with Crippen molar-refractivity contribution in [2.45, 2.75) is 6.92 Å². The molecule has 0 atom stereocenters. The van der Waals surface area contributed by atoms with Crippen molar-refractivity contribution < 1.29 is 4.79 Å². The standard InChI is InChI=1S/C16H14N4O/c1-10-5-6-11-3-2-4-13(15(11)19-10)20-16(21)12-7-8-14(17)18-9-12/h2-9H,1H3,(H2,17,18)(H,20,21). The summed E-state index contributed by atoms with van der Waals surface area (Å²) in [5, 5.41) is 3.85. The fourth-order valence-corrected chi connectivity index (χ4v) is 2.08. The van der Waals surface area contributed by atoms with Crippen LogP contribution in [0.5, 0.6) is 0 Å². The summed E-state index contributed by atoms with van der Waals surface area (Å²) >= 11 is 0. The number of nitrogen functional groups attached to an aromatic ring is 1. The van der Waals surface area contributed by atoms with Crippen LogP contribution in [0.4, 0.5) is 11.5 Å². The number of para-hydroxylation sites is 1. The molecule has 104 valence electrons. The molecule has 3 aromatic rings. The van der Waals surface area contributed by atoms with Crippen molar-refractivity contribution >= 4 is 28.3 Å². The molecule has 0 bridgehead atoms. The summed E-state index contributed by atoms with van der Waals surface area (Å²) in [4.78, 5) is 20.6. The van der Waals surface area contributed by atoms with Gasteiger partial charge in [-0.15, -0.1) is 0 Å². The van der Waals surface area contributed by atoms with Gasteiger partial charge < -0.3 is 11.1 Å². The van der Waals surface area contributed by atoms with Crippen LogP contribution in [0.15, 0.2) is 48.7 Å². The summed E-state index contributed by atoms with van der Waals surface area (Å²) < 4.78 is 0. The first kappa shape index (κ1) is 13.1. The lowest BCUT2D eigenvalue weighted by atomic mass is 10.1. The predicted molar refractivity (Wildman–Crippen MR) is 83.1 cm³/mol. The molecular weight excluding hydrogens is 264 g/mol. The van der Waals surface area contributed by atoms with Gasteiger partial charge in [0, 0.05) is 17.3 Å². The number of anilines is 2. The van der Waals surface area contributed by atoms with Gasteiger partial charge in [-0.1, -0.05) is 18.2 Å². The number of nitrogens with two attached hydrogens (primary N) is 1. The Balaban J connectivity index is 1.96. The Morgan fingerprint density at radius 1 is 1.14 bits per heavy atom. The van der Waals surface area contributed by atoms with Crippen molar-refractivity contribution in [2.24, 2.45) is 0 Å². The number of carbonyl (C=O) groups is 1. The fourth-order valence-electron chi connectivity index (χ4n) is 2.08. The minimum Gasteiger partial charge on any atom is -0.384 e. The second-order valence-corrected chi connectivity index (χ2v) is 4.76. The molecule has 0 saturated heterocycles. The first-order valence-electron chi connectivity index (χ1n) is 6.53. The minimum atomic E-state index is -0.238. The van der Waals surface area contributed by atoms with Crippen LogP contribution >= 0.6 is 0 Å². The van der Waals surface area contributed by atoms with Gasteiger partial charge in [-0.3, -0.25) is 9.78 Å². The summed E-state index contributed by atoms with van der Waals surface area (Å²) in [6.07, 6.45) is 1.45. The first-order chi connectivity index (χ1) is 10.1. The maximum atomic E-state index is 12.2. The number of fused-ring (bicyclic) bond motifs is 1. The Morgan fingerprint density at radius 2 is 2.00 bits per heavy atom. The molecule has 3 rings (SSSR count). The molecule has 1 amide bonds. The molecule has 5 nitrogen and oxygen atoms in total. The van der Waals surface area contributed by atoms with Crippen molar-refractivity contribution in [1.29, 1.82) is 0 Å². The fraction of sp³-hybridized carbons (Fsp3) is 0.0625. The molecular formula is C16H14N4O. The predicted octanol–water partition coefficient (Wildman–Crippen LogP) is 2.77. The Labute approximate surface area is 121 Å². The third-order valence-corrected chi connectivity index (χ3v) is 3.16. The zero-order chi connectivity index (χ0) is 14.8. The molecule has 0 aliphatic carbocycles. The van der Waals surface area contributed by atoms with Crippen LogP contribution in [0.1, 0.15) is 16.1 Å². The van der Waals surface area contributed by atoms with E-state index in [1.807, 2.05) is 37.3 Å². The highest BCUT2D eigenvalue weighted by Crippen LogP contribution is 2.22. The van der Waals surface area contributed by atoms with Gasteiger partial charge in [0.25, 0.3) is 5.91 Å². The SMILES string of the molecule is Cc1ccc2cccc(NC(=O)c3ccc(N)nc3)c2n1. The van der Waals surface area contributed by atoms with E-state index < -0.39 is 0 Å². The maximum absolute atomic E-state index is 12.2. The van der Waals surface area contributed by atoms with Crippen molar-refractivity contribution in [3.8, 4) is 0 Å². The number of rotatable bonds is 2. The van der Waals surface area contributed by atoms with Crippen molar-refractivity contribution in [1.82, 2.24) is 9.97 Å². The highest BCUT2D eigenvalue weighted by atomic mass is 16.1. The quantitative estimate of drug-likeness (QED) is 0.755. The number of aromatic nitrogens is 2. The average molecular weight is 278 g/mol. The lowest BCUT2D eigenvalue weighted by Crippen LogP contribution is -2.13. The van der Waals surface area contributed by atoms with Gasteiger partial charge in [0.05, 0.1) is 16.8 Å². The van der Waals surface area contributed by atoms with E-state index in [0.29, 0.717) is 17.1 Å². The maximum Gasteiger partial charge on any atom is 0.257 e. The van der Waals surface area contributed by atoms with E-state index in [9.17, 15) is 4.79 Å². The zero-order valence-electron chi connectivity index (χ0n) is 11.5. The molecule has 1 aromatic carbocycles. The van der Waals surface area contributed by atoms with Crippen LogP contribution in [0, 0.1) is 6.92 Å². The summed E-state index contributed by atoms with van der Waals surface area (Å²) in [7, 11) is 0. The van der Waals surface area contributed by atoms with Gasteiger partial charge in [-0.25, -0.2) is 4.98 Å². The molecule has 3 N–H and O–H groups in total. The number of carbonyl (C=O) groups excluding carboxylic acids is 1. The molecule has 0 radical (unpaired) electrons. The van der Waals surface area contributed by atoms with Crippen LogP contribution < -0.4 is 11.1 Å². The summed E-state index contributed by atoms with van der Waals surface area (Å²) in [6, 6.07) is 12.8. The third kappa shape index (κ3) is 2.67. The van der Waals surface area contributed by atoms with Crippen molar-refractivity contribution in [2.75, 3.05) is 11.1 Å². The van der Waals surface area contributed by atoms with Gasteiger partial charge >= 0.3 is 0 Å². The van der Waals surface area contributed by atoms with Gasteiger partial charge in [0.1, 0.15) is 5.82 Å². The molecule has 5 heteroatoms. The van der Waals surface area contributed by atoms with Crippen molar-refractivity contribution in [3.05, 3.63) is 59.9 Å². The van der Waals surface area contributed by atoms with E-state index in [0.717, 1.165) is 16.6 Å². The topological polar surface area (TPSA) is 80.9 Å². The van der Waals surface area contributed by atoms with Crippen LogP contribution in [0.3, 0.4) is 0 Å². The molecule has 2 heterocycles. The number of benzene rings is 1. The largest absolute Gasteiger partial charge is 0.384 e. The van der Waals surface area contributed by atoms with Gasteiger partial charge in [-0.2, -0.15) is 0 Å². The first-order valence-corrected chi connectivity index (χ1v) is 6.53. The number of nitrogens with zero attached hydrogens (tertiary/aromatic N) is 2. The van der Waals surface area contributed by atoms with E-state index in [-0.39, 0.29) is 5.91 Å². The number of hydrogen-bond donors (Lipinski definition) is 2. The van der Waals surface area contributed by atoms with E-state index in [1.54, 1.807) is 12.1 Å². The van der Waals surface area contributed by atoms with E-state index >= 15 is 0 Å². The van der Waals surface area contributed by atoms with Crippen LogP contribution in [0.25, 0.3) is 10.9 Å². The molecule has 21 heavy (non-hydrogen) atoms. The highest BCUT2D eigenvalue weighted by Gasteiger charge is 2.09. The van der Waals surface area contributed by atoms with Crippen LogP contribution in [0.2, 0.25) is 0 Å². The molecule has 0 aliphatic heterocycles. The summed E-state index contributed by atoms with van der Waals surface area (Å²) in [5.74, 6) is 0.146.